The molecule has 0 spiro atoms. The van der Waals surface area contributed by atoms with Crippen molar-refractivity contribution in [3.05, 3.63) is 12.2 Å². The van der Waals surface area contributed by atoms with Crippen LogP contribution in [0.1, 0.15) is 5.82 Å². The average molecular weight is 194 g/mol. The topological polar surface area (TPSA) is 42.7 Å². The summed E-state index contributed by atoms with van der Waals surface area (Å²) >= 11 is 0. The molecule has 0 atom stereocenters. The first-order valence-electron chi connectivity index (χ1n) is 3.59. The molecule has 0 radical (unpaired) electrons. The largest absolute Gasteiger partial charge is 0.401 e. The van der Waals surface area contributed by atoms with Crippen LogP contribution in [0.15, 0.2) is 6.33 Å². The third kappa shape index (κ3) is 3.41. The Balaban J connectivity index is 2.32. The molecule has 1 rings (SSSR count). The number of nitrogens with one attached hydrogen (secondary N) is 1. The molecule has 0 saturated heterocycles. The lowest BCUT2D eigenvalue weighted by molar-refractivity contribution is -0.125. The Morgan fingerprint density at radius 2 is 2.23 bits per heavy atom. The van der Waals surface area contributed by atoms with Crippen LogP contribution in [0.2, 0.25) is 0 Å². The maximum absolute atomic E-state index is 11.7. The molecule has 4 nitrogen and oxygen atoms in total. The van der Waals surface area contributed by atoms with Gasteiger partial charge in [-0.25, -0.2) is 0 Å². The molecule has 0 aliphatic rings. The second kappa shape index (κ2) is 3.73. The van der Waals surface area contributed by atoms with Crippen molar-refractivity contribution in [1.29, 1.82) is 0 Å². The Morgan fingerprint density at radius 1 is 1.54 bits per heavy atom. The van der Waals surface area contributed by atoms with Gasteiger partial charge in [-0.1, -0.05) is 0 Å². The van der Waals surface area contributed by atoms with E-state index in [4.69, 9.17) is 0 Å². The zero-order chi connectivity index (χ0) is 9.90. The number of hydrogen-bond acceptors (Lipinski definition) is 3. The predicted octanol–water partition coefficient (Wildman–Crippen LogP) is 0.467. The summed E-state index contributed by atoms with van der Waals surface area (Å²) in [6, 6.07) is 0. The molecule has 0 aliphatic carbocycles. The van der Waals surface area contributed by atoms with Gasteiger partial charge in [0.25, 0.3) is 0 Å². The second-order valence-electron chi connectivity index (χ2n) is 2.58. The maximum atomic E-state index is 11.7. The van der Waals surface area contributed by atoms with Gasteiger partial charge >= 0.3 is 6.18 Å². The van der Waals surface area contributed by atoms with Crippen molar-refractivity contribution in [3.63, 3.8) is 0 Å². The lowest BCUT2D eigenvalue weighted by Crippen LogP contribution is -2.29. The number of hydrogen-bond donors (Lipinski definition) is 1. The van der Waals surface area contributed by atoms with Gasteiger partial charge in [0.2, 0.25) is 0 Å². The lowest BCUT2D eigenvalue weighted by Gasteiger charge is -2.06. The van der Waals surface area contributed by atoms with Crippen LogP contribution in [0.5, 0.6) is 0 Å². The first-order chi connectivity index (χ1) is 5.99. The summed E-state index contributed by atoms with van der Waals surface area (Å²) in [4.78, 5) is 0. The maximum Gasteiger partial charge on any atom is 0.401 e. The summed E-state index contributed by atoms with van der Waals surface area (Å²) in [6.45, 7) is -0.949. The fraction of sp³-hybridized carbons (Fsp3) is 0.667. The molecule has 1 aromatic heterocycles. The van der Waals surface area contributed by atoms with Gasteiger partial charge in [0.1, 0.15) is 12.2 Å². The number of rotatable bonds is 3. The highest BCUT2D eigenvalue weighted by Crippen LogP contribution is 2.12. The van der Waals surface area contributed by atoms with E-state index < -0.39 is 12.7 Å². The van der Waals surface area contributed by atoms with Crippen molar-refractivity contribution in [1.82, 2.24) is 20.1 Å². The molecular weight excluding hydrogens is 185 g/mol. The second-order valence-corrected chi connectivity index (χ2v) is 2.58. The third-order valence-electron chi connectivity index (χ3n) is 1.41. The molecule has 0 bridgehead atoms. The smallest absolute Gasteiger partial charge is 0.320 e. The van der Waals surface area contributed by atoms with E-state index in [-0.39, 0.29) is 6.54 Å². The van der Waals surface area contributed by atoms with Crippen LogP contribution in [0, 0.1) is 0 Å². The summed E-state index contributed by atoms with van der Waals surface area (Å²) in [7, 11) is 1.67. The molecule has 0 aliphatic heterocycles. The fourth-order valence-corrected chi connectivity index (χ4v) is 0.783. The number of nitrogens with zero attached hydrogens (tertiary/aromatic N) is 3. The van der Waals surface area contributed by atoms with Gasteiger partial charge in [-0.2, -0.15) is 13.2 Å². The molecule has 1 N–H and O–H groups in total. The molecule has 0 aromatic carbocycles. The van der Waals surface area contributed by atoms with E-state index in [1.165, 1.54) is 6.33 Å². The zero-order valence-corrected chi connectivity index (χ0v) is 6.97. The van der Waals surface area contributed by atoms with Gasteiger partial charge in [0, 0.05) is 7.05 Å². The molecule has 13 heavy (non-hydrogen) atoms. The minimum Gasteiger partial charge on any atom is -0.320 e. The van der Waals surface area contributed by atoms with Crippen molar-refractivity contribution in [3.8, 4) is 0 Å². The highest BCUT2D eigenvalue weighted by Gasteiger charge is 2.26. The number of aromatic nitrogens is 3. The van der Waals surface area contributed by atoms with E-state index in [1.807, 2.05) is 0 Å². The predicted molar refractivity (Wildman–Crippen MR) is 38.8 cm³/mol. The van der Waals surface area contributed by atoms with Gasteiger partial charge in [0.05, 0.1) is 13.1 Å². The van der Waals surface area contributed by atoms with E-state index in [2.05, 4.69) is 15.5 Å². The minimum absolute atomic E-state index is 0.0655. The quantitative estimate of drug-likeness (QED) is 0.760. The van der Waals surface area contributed by atoms with Crippen LogP contribution in [-0.2, 0) is 13.6 Å². The van der Waals surface area contributed by atoms with Crippen molar-refractivity contribution < 1.29 is 13.2 Å². The monoisotopic (exact) mass is 194 g/mol. The molecule has 0 saturated carbocycles. The van der Waals surface area contributed by atoms with Gasteiger partial charge in [0.15, 0.2) is 0 Å². The normalized spacial score (nSPS) is 12.0. The third-order valence-corrected chi connectivity index (χ3v) is 1.41. The Bertz CT molecular complexity index is 267. The highest BCUT2D eigenvalue weighted by atomic mass is 19.4. The summed E-state index contributed by atoms with van der Waals surface area (Å²) in [6.07, 6.45) is -2.75. The highest BCUT2D eigenvalue weighted by molar-refractivity contribution is 4.83. The van der Waals surface area contributed by atoms with Crippen molar-refractivity contribution in [2.75, 3.05) is 6.54 Å². The minimum atomic E-state index is -4.18. The van der Waals surface area contributed by atoms with Crippen LogP contribution in [-0.4, -0.2) is 27.5 Å². The van der Waals surface area contributed by atoms with Gasteiger partial charge in [-0.05, 0) is 0 Å². The Hall–Kier alpha value is -1.11. The molecule has 0 amide bonds. The summed E-state index contributed by atoms with van der Waals surface area (Å²) in [5.41, 5.74) is 0. The average Bonchev–Trinajstić information content (AvgIpc) is 2.34. The van der Waals surface area contributed by atoms with Crippen molar-refractivity contribution in [2.45, 2.75) is 12.7 Å². The molecular formula is C6H9F3N4. The lowest BCUT2D eigenvalue weighted by atomic mass is 10.5. The molecule has 7 heteroatoms. The van der Waals surface area contributed by atoms with Crippen molar-refractivity contribution in [2.24, 2.45) is 7.05 Å². The number of halogens is 3. The SMILES string of the molecule is Cn1cnnc1CNCC(F)(F)F. The van der Waals surface area contributed by atoms with Crippen LogP contribution in [0.4, 0.5) is 13.2 Å². The van der Waals surface area contributed by atoms with Crippen LogP contribution >= 0.6 is 0 Å². The van der Waals surface area contributed by atoms with Gasteiger partial charge in [-0.3, -0.25) is 0 Å². The Labute approximate surface area is 72.8 Å². The van der Waals surface area contributed by atoms with Crippen LogP contribution in [0.25, 0.3) is 0 Å². The van der Waals surface area contributed by atoms with Crippen LogP contribution in [0.3, 0.4) is 0 Å². The van der Waals surface area contributed by atoms with Crippen molar-refractivity contribution >= 4 is 0 Å². The van der Waals surface area contributed by atoms with Gasteiger partial charge < -0.3 is 9.88 Å². The molecule has 74 valence electrons. The fourth-order valence-electron chi connectivity index (χ4n) is 0.783. The van der Waals surface area contributed by atoms with E-state index in [9.17, 15) is 13.2 Å². The summed E-state index contributed by atoms with van der Waals surface area (Å²) in [5.74, 6) is 0.476. The first-order valence-corrected chi connectivity index (χ1v) is 3.59. The summed E-state index contributed by atoms with van der Waals surface area (Å²) < 4.78 is 36.6. The standard InChI is InChI=1S/C6H9F3N4/c1-13-4-11-12-5(13)2-10-3-6(7,8)9/h4,10H,2-3H2,1H3. The van der Waals surface area contributed by atoms with Crippen LogP contribution < -0.4 is 5.32 Å². The number of aryl methyl sites for hydroxylation is 1. The van der Waals surface area contributed by atoms with E-state index in [1.54, 1.807) is 11.6 Å². The molecule has 1 heterocycles. The van der Waals surface area contributed by atoms with E-state index in [0.717, 1.165) is 0 Å². The number of alkyl halides is 3. The summed E-state index contributed by atoms with van der Waals surface area (Å²) in [5, 5.41) is 9.37. The molecule has 0 fully saturated rings. The Morgan fingerprint density at radius 3 is 2.69 bits per heavy atom. The molecule has 1 aromatic rings. The van der Waals surface area contributed by atoms with E-state index >= 15 is 0 Å². The molecule has 0 unspecified atom stereocenters. The zero-order valence-electron chi connectivity index (χ0n) is 6.97. The van der Waals surface area contributed by atoms with E-state index in [0.29, 0.717) is 5.82 Å². The Kier molecular flexibility index (Phi) is 2.86. The van der Waals surface area contributed by atoms with Gasteiger partial charge in [-0.15, -0.1) is 10.2 Å². The first kappa shape index (κ1) is 9.97.